The van der Waals surface area contributed by atoms with Crippen LogP contribution in [0.1, 0.15) is 23.3 Å². The summed E-state index contributed by atoms with van der Waals surface area (Å²) >= 11 is 0. The van der Waals surface area contributed by atoms with Gasteiger partial charge >= 0.3 is 0 Å². The number of benzene rings is 1. The Morgan fingerprint density at radius 2 is 1.85 bits per heavy atom. The van der Waals surface area contributed by atoms with Gasteiger partial charge in [-0.05, 0) is 24.8 Å². The molecule has 1 aliphatic carbocycles. The first-order chi connectivity index (χ1) is 13.2. The van der Waals surface area contributed by atoms with E-state index in [2.05, 4.69) is 15.3 Å². The maximum Gasteiger partial charge on any atom is 0.268 e. The first kappa shape index (κ1) is 17.4. The fourth-order valence-corrected chi connectivity index (χ4v) is 3.06. The molecule has 1 saturated carbocycles. The first-order valence-electron chi connectivity index (χ1n) is 9.21. The number of hydrogen-bond donors (Lipinski definition) is 2. The van der Waals surface area contributed by atoms with Crippen LogP contribution < -0.4 is 5.32 Å². The number of hydrogen-bond acceptors (Lipinski definition) is 4. The fraction of sp³-hybridized carbons (Fsp3) is 0.286. The normalized spacial score (nSPS) is 13.5. The van der Waals surface area contributed by atoms with Gasteiger partial charge < -0.3 is 15.0 Å². The van der Waals surface area contributed by atoms with E-state index in [9.17, 15) is 4.79 Å². The van der Waals surface area contributed by atoms with Gasteiger partial charge in [0.05, 0.1) is 6.61 Å². The van der Waals surface area contributed by atoms with E-state index in [1.807, 2.05) is 47.2 Å². The average Bonchev–Trinajstić information content (AvgIpc) is 3.43. The van der Waals surface area contributed by atoms with Crippen molar-refractivity contribution in [3.05, 3.63) is 60.7 Å². The van der Waals surface area contributed by atoms with Crippen LogP contribution in [0.2, 0.25) is 0 Å². The van der Waals surface area contributed by atoms with Gasteiger partial charge in [-0.2, -0.15) is 0 Å². The summed E-state index contributed by atoms with van der Waals surface area (Å²) < 4.78 is 2.00. The molecule has 27 heavy (non-hydrogen) atoms. The third-order valence-corrected chi connectivity index (χ3v) is 4.70. The molecular weight excluding hydrogens is 340 g/mol. The SMILES string of the molecule is O=C(NCCO)c1cc(-c2cnc(-c3ccccc3)nc2)cn1CC1CC1. The van der Waals surface area contributed by atoms with Gasteiger partial charge in [0.2, 0.25) is 0 Å². The lowest BCUT2D eigenvalue weighted by Gasteiger charge is -2.08. The molecule has 6 heteroatoms. The Morgan fingerprint density at radius 1 is 1.11 bits per heavy atom. The van der Waals surface area contributed by atoms with Crippen LogP contribution in [0.15, 0.2) is 55.0 Å². The number of aromatic nitrogens is 3. The molecule has 0 atom stereocenters. The van der Waals surface area contributed by atoms with E-state index >= 15 is 0 Å². The standard InChI is InChI=1S/C21H22N4O2/c26-9-8-22-21(27)19-10-17(14-25(19)13-15-6-7-15)18-11-23-20(24-12-18)16-4-2-1-3-5-16/h1-5,10-12,14-15,26H,6-9,13H2,(H,22,27). The van der Waals surface area contributed by atoms with Crippen molar-refractivity contribution in [3.8, 4) is 22.5 Å². The van der Waals surface area contributed by atoms with Crippen molar-refractivity contribution in [3.63, 3.8) is 0 Å². The second-order valence-corrected chi connectivity index (χ2v) is 6.85. The number of aliphatic hydroxyl groups excluding tert-OH is 1. The topological polar surface area (TPSA) is 80.0 Å². The zero-order valence-electron chi connectivity index (χ0n) is 15.0. The molecule has 2 aromatic heterocycles. The Labute approximate surface area is 157 Å². The smallest absolute Gasteiger partial charge is 0.268 e. The summed E-state index contributed by atoms with van der Waals surface area (Å²) in [6.45, 7) is 1.01. The molecule has 2 heterocycles. The highest BCUT2D eigenvalue weighted by molar-refractivity contribution is 5.94. The molecule has 1 fully saturated rings. The summed E-state index contributed by atoms with van der Waals surface area (Å²) in [5.74, 6) is 1.15. The van der Waals surface area contributed by atoms with Crippen molar-refractivity contribution in [1.82, 2.24) is 19.9 Å². The van der Waals surface area contributed by atoms with E-state index in [0.29, 0.717) is 17.4 Å². The van der Waals surface area contributed by atoms with E-state index in [-0.39, 0.29) is 19.1 Å². The lowest BCUT2D eigenvalue weighted by Crippen LogP contribution is -2.28. The maximum absolute atomic E-state index is 12.4. The molecule has 3 aromatic rings. The number of carbonyl (C=O) groups excluding carboxylic acids is 1. The van der Waals surface area contributed by atoms with E-state index in [0.717, 1.165) is 23.2 Å². The number of nitrogens with zero attached hydrogens (tertiary/aromatic N) is 3. The van der Waals surface area contributed by atoms with Gasteiger partial charge in [0.15, 0.2) is 5.82 Å². The van der Waals surface area contributed by atoms with Crippen LogP contribution in [-0.4, -0.2) is 38.7 Å². The van der Waals surface area contributed by atoms with Gasteiger partial charge in [0.1, 0.15) is 5.69 Å². The predicted octanol–water partition coefficient (Wildman–Crippen LogP) is 2.74. The fourth-order valence-electron chi connectivity index (χ4n) is 3.06. The second-order valence-electron chi connectivity index (χ2n) is 6.85. The van der Waals surface area contributed by atoms with Crippen molar-refractivity contribution in [2.45, 2.75) is 19.4 Å². The molecule has 0 saturated heterocycles. The summed E-state index contributed by atoms with van der Waals surface area (Å²) in [6, 6.07) is 11.7. The van der Waals surface area contributed by atoms with Crippen molar-refractivity contribution in [2.24, 2.45) is 5.92 Å². The van der Waals surface area contributed by atoms with Crippen LogP contribution >= 0.6 is 0 Å². The minimum absolute atomic E-state index is 0.0727. The Morgan fingerprint density at radius 3 is 2.52 bits per heavy atom. The van der Waals surface area contributed by atoms with E-state index in [1.165, 1.54) is 12.8 Å². The molecule has 1 amide bonds. The Kier molecular flexibility index (Phi) is 4.98. The van der Waals surface area contributed by atoms with E-state index < -0.39 is 0 Å². The quantitative estimate of drug-likeness (QED) is 0.677. The molecule has 0 bridgehead atoms. The minimum atomic E-state index is -0.169. The number of rotatable bonds is 7. The van der Waals surface area contributed by atoms with Gasteiger partial charge in [0, 0.05) is 48.4 Å². The Balaban J connectivity index is 1.60. The molecule has 1 aliphatic rings. The van der Waals surface area contributed by atoms with Gasteiger partial charge in [-0.3, -0.25) is 4.79 Å². The average molecular weight is 362 g/mol. The van der Waals surface area contributed by atoms with Crippen LogP contribution in [0.5, 0.6) is 0 Å². The summed E-state index contributed by atoms with van der Waals surface area (Å²) in [5, 5.41) is 11.7. The lowest BCUT2D eigenvalue weighted by atomic mass is 10.1. The Hall–Kier alpha value is -2.99. The number of carbonyl (C=O) groups is 1. The third kappa shape index (κ3) is 4.06. The molecule has 0 aliphatic heterocycles. The molecule has 2 N–H and O–H groups in total. The molecule has 0 radical (unpaired) electrons. The molecule has 0 unspecified atom stereocenters. The lowest BCUT2D eigenvalue weighted by molar-refractivity contribution is 0.0935. The molecule has 4 rings (SSSR count). The van der Waals surface area contributed by atoms with Crippen molar-refractivity contribution < 1.29 is 9.90 Å². The van der Waals surface area contributed by atoms with Gasteiger partial charge in [0.25, 0.3) is 5.91 Å². The third-order valence-electron chi connectivity index (χ3n) is 4.70. The number of amides is 1. The van der Waals surface area contributed by atoms with Crippen molar-refractivity contribution in [1.29, 1.82) is 0 Å². The predicted molar refractivity (Wildman–Crippen MR) is 103 cm³/mol. The molecule has 0 spiro atoms. The van der Waals surface area contributed by atoms with Crippen LogP contribution in [0.3, 0.4) is 0 Å². The highest BCUT2D eigenvalue weighted by Crippen LogP contribution is 2.32. The van der Waals surface area contributed by atoms with Crippen molar-refractivity contribution >= 4 is 5.91 Å². The van der Waals surface area contributed by atoms with Crippen LogP contribution in [0.4, 0.5) is 0 Å². The van der Waals surface area contributed by atoms with Gasteiger partial charge in [-0.25, -0.2) is 9.97 Å². The van der Waals surface area contributed by atoms with Crippen molar-refractivity contribution in [2.75, 3.05) is 13.2 Å². The Bertz CT molecular complexity index is 915. The number of nitrogens with one attached hydrogen (secondary N) is 1. The summed E-state index contributed by atoms with van der Waals surface area (Å²) in [6.07, 6.45) is 8.00. The minimum Gasteiger partial charge on any atom is -0.395 e. The highest BCUT2D eigenvalue weighted by Gasteiger charge is 2.24. The van der Waals surface area contributed by atoms with Gasteiger partial charge in [-0.15, -0.1) is 0 Å². The van der Waals surface area contributed by atoms with Gasteiger partial charge in [-0.1, -0.05) is 30.3 Å². The molecule has 6 nitrogen and oxygen atoms in total. The first-order valence-corrected chi connectivity index (χ1v) is 9.21. The maximum atomic E-state index is 12.4. The second kappa shape index (κ2) is 7.72. The molecular formula is C21H22N4O2. The van der Waals surface area contributed by atoms with Crippen LogP contribution in [-0.2, 0) is 6.54 Å². The monoisotopic (exact) mass is 362 g/mol. The molecule has 138 valence electrons. The summed E-state index contributed by atoms with van der Waals surface area (Å²) in [5.41, 5.74) is 3.38. The molecule has 1 aromatic carbocycles. The summed E-state index contributed by atoms with van der Waals surface area (Å²) in [4.78, 5) is 21.4. The summed E-state index contributed by atoms with van der Waals surface area (Å²) in [7, 11) is 0. The van der Waals surface area contributed by atoms with E-state index in [1.54, 1.807) is 12.4 Å². The van der Waals surface area contributed by atoms with Crippen LogP contribution in [0.25, 0.3) is 22.5 Å². The largest absolute Gasteiger partial charge is 0.395 e. The van der Waals surface area contributed by atoms with E-state index in [4.69, 9.17) is 5.11 Å². The highest BCUT2D eigenvalue weighted by atomic mass is 16.3. The number of aliphatic hydroxyl groups is 1. The zero-order chi connectivity index (χ0) is 18.6. The zero-order valence-corrected chi connectivity index (χ0v) is 15.0. The van der Waals surface area contributed by atoms with Crippen LogP contribution in [0, 0.1) is 5.92 Å².